The maximum absolute atomic E-state index is 13.3. The minimum absolute atomic E-state index is 0.404. The number of carbonyl (C=O) groups excluding carboxylic acids is 1. The molecule has 1 aromatic carbocycles. The Morgan fingerprint density at radius 3 is 2.47 bits per heavy atom. The molecule has 0 saturated heterocycles. The molecular formula is C11H13FO4S. The maximum atomic E-state index is 13.3. The largest absolute Gasteiger partial charge is 0.462 e. The molecule has 6 heteroatoms. The predicted octanol–water partition coefficient (Wildman–Crippen LogP) is 1.55. The molecule has 0 saturated carbocycles. The first-order valence-electron chi connectivity index (χ1n) is 4.99. The molecule has 0 atom stereocenters. The summed E-state index contributed by atoms with van der Waals surface area (Å²) in [6.45, 7) is 3.21. The monoisotopic (exact) mass is 260 g/mol. The molecule has 0 bridgehead atoms. The van der Waals surface area contributed by atoms with Gasteiger partial charge in [-0.3, -0.25) is 4.79 Å². The number of hydrogen-bond donors (Lipinski definition) is 0. The van der Waals surface area contributed by atoms with Gasteiger partial charge in [0.1, 0.15) is 10.7 Å². The van der Waals surface area contributed by atoms with E-state index in [9.17, 15) is 17.6 Å². The van der Waals surface area contributed by atoms with Crippen molar-refractivity contribution in [2.75, 3.05) is 5.75 Å². The van der Waals surface area contributed by atoms with Crippen molar-refractivity contribution in [3.63, 3.8) is 0 Å². The Labute approximate surface area is 99.3 Å². The molecule has 0 aromatic heterocycles. The van der Waals surface area contributed by atoms with Crippen molar-refractivity contribution in [3.05, 3.63) is 30.1 Å². The summed E-state index contributed by atoms with van der Waals surface area (Å²) in [6.07, 6.45) is -0.404. The molecule has 17 heavy (non-hydrogen) atoms. The molecule has 0 heterocycles. The smallest absolute Gasteiger partial charge is 0.321 e. The van der Waals surface area contributed by atoms with E-state index in [4.69, 9.17) is 4.74 Å². The molecule has 94 valence electrons. The summed E-state index contributed by atoms with van der Waals surface area (Å²) in [5.41, 5.74) is 0. The third-order valence-corrected chi connectivity index (χ3v) is 3.46. The number of ether oxygens (including phenoxy) is 1. The molecule has 1 rings (SSSR count). The van der Waals surface area contributed by atoms with Crippen LogP contribution in [0.1, 0.15) is 13.8 Å². The predicted molar refractivity (Wildman–Crippen MR) is 59.7 cm³/mol. The first-order valence-corrected chi connectivity index (χ1v) is 6.65. The molecule has 0 aliphatic rings. The minimum Gasteiger partial charge on any atom is -0.462 e. The fourth-order valence-corrected chi connectivity index (χ4v) is 2.41. The van der Waals surface area contributed by atoms with Gasteiger partial charge in [-0.1, -0.05) is 12.1 Å². The highest BCUT2D eigenvalue weighted by atomic mass is 32.2. The van der Waals surface area contributed by atoms with Crippen LogP contribution in [0.25, 0.3) is 0 Å². The zero-order valence-electron chi connectivity index (χ0n) is 9.51. The molecular weight excluding hydrogens is 247 g/mol. The topological polar surface area (TPSA) is 60.4 Å². The normalized spacial score (nSPS) is 11.5. The van der Waals surface area contributed by atoms with E-state index < -0.39 is 38.4 Å². The fraction of sp³-hybridized carbons (Fsp3) is 0.364. The quantitative estimate of drug-likeness (QED) is 0.771. The van der Waals surface area contributed by atoms with Crippen molar-refractivity contribution in [2.24, 2.45) is 0 Å². The maximum Gasteiger partial charge on any atom is 0.321 e. The molecule has 1 aromatic rings. The molecule has 0 fully saturated rings. The average molecular weight is 260 g/mol. The zero-order chi connectivity index (χ0) is 13.1. The van der Waals surface area contributed by atoms with Gasteiger partial charge in [0.05, 0.1) is 6.10 Å². The lowest BCUT2D eigenvalue weighted by Crippen LogP contribution is -2.22. The highest BCUT2D eigenvalue weighted by molar-refractivity contribution is 7.92. The first-order chi connectivity index (χ1) is 7.83. The number of rotatable bonds is 4. The number of esters is 1. The van der Waals surface area contributed by atoms with Crippen molar-refractivity contribution in [1.29, 1.82) is 0 Å². The van der Waals surface area contributed by atoms with Gasteiger partial charge in [0.25, 0.3) is 0 Å². The van der Waals surface area contributed by atoms with E-state index in [1.807, 2.05) is 0 Å². The van der Waals surface area contributed by atoms with Gasteiger partial charge in [0.2, 0.25) is 0 Å². The molecule has 0 N–H and O–H groups in total. The van der Waals surface area contributed by atoms with Crippen LogP contribution in [0.5, 0.6) is 0 Å². The molecule has 4 nitrogen and oxygen atoms in total. The van der Waals surface area contributed by atoms with E-state index in [1.54, 1.807) is 13.8 Å². The van der Waals surface area contributed by atoms with E-state index >= 15 is 0 Å². The van der Waals surface area contributed by atoms with Gasteiger partial charge in [-0.15, -0.1) is 0 Å². The van der Waals surface area contributed by atoms with E-state index in [-0.39, 0.29) is 0 Å². The standard InChI is InChI=1S/C11H13FO4S/c1-8(2)16-11(13)7-17(14,15)10-6-4-3-5-9(10)12/h3-6,8H,7H2,1-2H3. The summed E-state index contributed by atoms with van der Waals surface area (Å²) in [7, 11) is -3.99. The SMILES string of the molecule is CC(C)OC(=O)CS(=O)(=O)c1ccccc1F. The Morgan fingerprint density at radius 2 is 1.94 bits per heavy atom. The summed E-state index contributed by atoms with van der Waals surface area (Å²) in [5, 5.41) is 0. The third kappa shape index (κ3) is 3.81. The lowest BCUT2D eigenvalue weighted by Gasteiger charge is -2.08. The van der Waals surface area contributed by atoms with Crippen LogP contribution in [-0.4, -0.2) is 26.2 Å². The lowest BCUT2D eigenvalue weighted by atomic mass is 10.3. The number of halogens is 1. The highest BCUT2D eigenvalue weighted by Gasteiger charge is 2.23. The van der Waals surface area contributed by atoms with Crippen LogP contribution in [0.15, 0.2) is 29.2 Å². The van der Waals surface area contributed by atoms with Crippen LogP contribution in [0.2, 0.25) is 0 Å². The van der Waals surface area contributed by atoms with Crippen molar-refractivity contribution >= 4 is 15.8 Å². The van der Waals surface area contributed by atoms with E-state index in [0.717, 1.165) is 12.1 Å². The summed E-state index contributed by atoms with van der Waals surface area (Å²) in [5.74, 6) is -2.61. The fourth-order valence-electron chi connectivity index (χ4n) is 1.23. The number of sulfone groups is 1. The molecule has 0 spiro atoms. The van der Waals surface area contributed by atoms with E-state index in [1.165, 1.54) is 12.1 Å². The Morgan fingerprint density at radius 1 is 1.35 bits per heavy atom. The van der Waals surface area contributed by atoms with Gasteiger partial charge in [-0.05, 0) is 26.0 Å². The first kappa shape index (κ1) is 13.6. The van der Waals surface area contributed by atoms with E-state index in [2.05, 4.69) is 0 Å². The average Bonchev–Trinajstić information content (AvgIpc) is 2.15. The van der Waals surface area contributed by atoms with Crippen molar-refractivity contribution < 1.29 is 22.3 Å². The van der Waals surface area contributed by atoms with Gasteiger partial charge < -0.3 is 4.74 Å². The van der Waals surface area contributed by atoms with Crippen LogP contribution in [0.3, 0.4) is 0 Å². The van der Waals surface area contributed by atoms with Crippen molar-refractivity contribution in [1.82, 2.24) is 0 Å². The van der Waals surface area contributed by atoms with Gasteiger partial charge in [0, 0.05) is 0 Å². The Balaban J connectivity index is 2.91. The van der Waals surface area contributed by atoms with Crippen LogP contribution < -0.4 is 0 Å². The zero-order valence-corrected chi connectivity index (χ0v) is 10.3. The lowest BCUT2D eigenvalue weighted by molar-refractivity contribution is -0.144. The summed E-state index contributed by atoms with van der Waals surface area (Å²) >= 11 is 0. The number of hydrogen-bond acceptors (Lipinski definition) is 4. The minimum atomic E-state index is -3.99. The molecule has 0 amide bonds. The van der Waals surface area contributed by atoms with Gasteiger partial charge in [0.15, 0.2) is 15.6 Å². The molecule has 0 aliphatic carbocycles. The van der Waals surface area contributed by atoms with E-state index in [0.29, 0.717) is 0 Å². The van der Waals surface area contributed by atoms with Gasteiger partial charge >= 0.3 is 5.97 Å². The Hall–Kier alpha value is -1.43. The van der Waals surface area contributed by atoms with Crippen molar-refractivity contribution in [2.45, 2.75) is 24.8 Å². The Kier molecular flexibility index (Phi) is 4.22. The number of carbonyl (C=O) groups is 1. The van der Waals surface area contributed by atoms with Crippen LogP contribution >= 0.6 is 0 Å². The summed E-state index contributed by atoms with van der Waals surface area (Å²) < 4.78 is 41.4. The van der Waals surface area contributed by atoms with Gasteiger partial charge in [-0.2, -0.15) is 0 Å². The number of benzene rings is 1. The molecule has 0 unspecified atom stereocenters. The van der Waals surface area contributed by atoms with Crippen LogP contribution in [0, 0.1) is 5.82 Å². The highest BCUT2D eigenvalue weighted by Crippen LogP contribution is 2.15. The molecule has 0 aliphatic heterocycles. The van der Waals surface area contributed by atoms with Crippen molar-refractivity contribution in [3.8, 4) is 0 Å². The second-order valence-corrected chi connectivity index (χ2v) is 5.69. The Bertz CT molecular complexity index is 508. The van der Waals surface area contributed by atoms with Crippen LogP contribution in [0.4, 0.5) is 4.39 Å². The molecule has 0 radical (unpaired) electrons. The van der Waals surface area contributed by atoms with Crippen LogP contribution in [-0.2, 0) is 19.4 Å². The second-order valence-electron chi connectivity index (χ2n) is 3.73. The summed E-state index contributed by atoms with van der Waals surface area (Å²) in [4.78, 5) is 10.7. The summed E-state index contributed by atoms with van der Waals surface area (Å²) in [6, 6.07) is 4.92. The van der Waals surface area contributed by atoms with Gasteiger partial charge in [-0.25, -0.2) is 12.8 Å². The third-order valence-electron chi connectivity index (χ3n) is 1.85. The second kappa shape index (κ2) is 5.27.